The lowest BCUT2D eigenvalue weighted by atomic mass is 9.50. The van der Waals surface area contributed by atoms with Gasteiger partial charge < -0.3 is 10.6 Å². The van der Waals surface area contributed by atoms with Crippen LogP contribution < -0.4 is 5.73 Å². The lowest BCUT2D eigenvalue weighted by Crippen LogP contribution is -2.54. The molecule has 2 nitrogen and oxygen atoms in total. The van der Waals surface area contributed by atoms with Crippen LogP contribution in [0.4, 0.5) is 0 Å². The zero-order valence-electron chi connectivity index (χ0n) is 10.7. The van der Waals surface area contributed by atoms with Crippen LogP contribution in [0.1, 0.15) is 32.1 Å². The lowest BCUT2D eigenvalue weighted by molar-refractivity contribution is -0.0654. The van der Waals surface area contributed by atoms with Gasteiger partial charge in [0.25, 0.3) is 0 Å². The van der Waals surface area contributed by atoms with Crippen LogP contribution in [0.2, 0.25) is 0 Å². The van der Waals surface area contributed by atoms with Crippen LogP contribution in [0.3, 0.4) is 0 Å². The summed E-state index contributed by atoms with van der Waals surface area (Å²) in [5.74, 6) is 5.09. The van der Waals surface area contributed by atoms with Crippen molar-refractivity contribution in [3.05, 3.63) is 0 Å². The maximum atomic E-state index is 6.01. The number of hydrogen-bond donors (Lipinski definition) is 1. The average Bonchev–Trinajstić information content (AvgIpc) is 2.21. The highest BCUT2D eigenvalue weighted by atomic mass is 15.1. The topological polar surface area (TPSA) is 29.3 Å². The Morgan fingerprint density at radius 1 is 1.00 bits per heavy atom. The molecule has 0 aromatic heterocycles. The zero-order chi connectivity index (χ0) is 11.3. The van der Waals surface area contributed by atoms with Crippen LogP contribution in [0.15, 0.2) is 0 Å². The second kappa shape index (κ2) is 3.99. The summed E-state index contributed by atoms with van der Waals surface area (Å²) < 4.78 is 0. The molecule has 2 N–H and O–H groups in total. The molecule has 92 valence electrons. The molecule has 16 heavy (non-hydrogen) atoms. The minimum atomic E-state index is 0.634. The molecular formula is C14H26N2. The highest BCUT2D eigenvalue weighted by molar-refractivity contribution is 5.01. The van der Waals surface area contributed by atoms with Gasteiger partial charge in [0.05, 0.1) is 0 Å². The fourth-order valence-electron chi connectivity index (χ4n) is 5.31. The van der Waals surface area contributed by atoms with E-state index in [9.17, 15) is 0 Å². The summed E-state index contributed by atoms with van der Waals surface area (Å²) in [6.07, 6.45) is 7.61. The average molecular weight is 222 g/mol. The molecule has 1 unspecified atom stereocenters. The third kappa shape index (κ3) is 1.62. The fraction of sp³-hybridized carbons (Fsp3) is 1.00. The van der Waals surface area contributed by atoms with Crippen molar-refractivity contribution < 1.29 is 0 Å². The Balaban J connectivity index is 1.80. The highest BCUT2D eigenvalue weighted by Gasteiger charge is 2.50. The van der Waals surface area contributed by atoms with E-state index in [0.29, 0.717) is 6.04 Å². The summed E-state index contributed by atoms with van der Waals surface area (Å²) in [4.78, 5) is 2.38. The molecule has 1 atom stereocenters. The summed E-state index contributed by atoms with van der Waals surface area (Å²) in [6, 6.07) is 0.634. The van der Waals surface area contributed by atoms with Crippen molar-refractivity contribution in [3.8, 4) is 0 Å². The second-order valence-corrected chi connectivity index (χ2v) is 6.77. The van der Waals surface area contributed by atoms with E-state index in [2.05, 4.69) is 19.0 Å². The molecule has 0 spiro atoms. The Bertz CT molecular complexity index is 233. The first-order chi connectivity index (χ1) is 7.69. The highest BCUT2D eigenvalue weighted by Crippen LogP contribution is 2.57. The lowest BCUT2D eigenvalue weighted by Gasteiger charge is -2.57. The van der Waals surface area contributed by atoms with E-state index in [1.165, 1.54) is 25.7 Å². The fourth-order valence-corrected chi connectivity index (χ4v) is 5.31. The maximum Gasteiger partial charge on any atom is 0.0245 e. The summed E-state index contributed by atoms with van der Waals surface area (Å²) in [6.45, 7) is 0.847. The first-order valence-electron chi connectivity index (χ1n) is 7.05. The van der Waals surface area contributed by atoms with Crippen LogP contribution in [0, 0.1) is 29.6 Å². The molecule has 0 aliphatic heterocycles. The van der Waals surface area contributed by atoms with E-state index >= 15 is 0 Å². The van der Waals surface area contributed by atoms with Gasteiger partial charge in [-0.05, 0) is 75.8 Å². The molecule has 0 aromatic rings. The van der Waals surface area contributed by atoms with Gasteiger partial charge in [0, 0.05) is 12.6 Å². The number of likely N-dealkylation sites (N-methyl/N-ethyl adjacent to an activating group) is 1. The van der Waals surface area contributed by atoms with Crippen LogP contribution in [-0.4, -0.2) is 31.6 Å². The van der Waals surface area contributed by atoms with Gasteiger partial charge in [-0.2, -0.15) is 0 Å². The summed E-state index contributed by atoms with van der Waals surface area (Å²) in [5, 5.41) is 0. The van der Waals surface area contributed by atoms with Gasteiger partial charge in [-0.3, -0.25) is 0 Å². The third-order valence-corrected chi connectivity index (χ3v) is 5.65. The van der Waals surface area contributed by atoms with E-state index in [1.807, 2.05) is 0 Å². The summed E-state index contributed by atoms with van der Waals surface area (Å²) in [7, 11) is 4.42. The summed E-state index contributed by atoms with van der Waals surface area (Å²) >= 11 is 0. The minimum Gasteiger partial charge on any atom is -0.329 e. The zero-order valence-corrected chi connectivity index (χ0v) is 10.7. The Morgan fingerprint density at radius 3 is 1.88 bits per heavy atom. The Kier molecular flexibility index (Phi) is 2.75. The molecule has 0 saturated heterocycles. The number of rotatable bonds is 3. The van der Waals surface area contributed by atoms with E-state index in [1.54, 1.807) is 6.42 Å². The van der Waals surface area contributed by atoms with Gasteiger partial charge in [0.15, 0.2) is 0 Å². The normalized spacial score (nSPS) is 47.6. The molecule has 4 rings (SSSR count). The molecule has 0 amide bonds. The van der Waals surface area contributed by atoms with Crippen LogP contribution in [0.5, 0.6) is 0 Å². The van der Waals surface area contributed by atoms with Crippen molar-refractivity contribution in [1.29, 1.82) is 0 Å². The molecule has 4 aliphatic carbocycles. The number of nitrogens with zero attached hydrogens (tertiary/aromatic N) is 1. The van der Waals surface area contributed by atoms with Crippen molar-refractivity contribution in [3.63, 3.8) is 0 Å². The molecule has 4 bridgehead atoms. The monoisotopic (exact) mass is 222 g/mol. The smallest absolute Gasteiger partial charge is 0.0245 e. The van der Waals surface area contributed by atoms with Crippen LogP contribution in [-0.2, 0) is 0 Å². The van der Waals surface area contributed by atoms with Gasteiger partial charge >= 0.3 is 0 Å². The van der Waals surface area contributed by atoms with Gasteiger partial charge in [0.2, 0.25) is 0 Å². The van der Waals surface area contributed by atoms with E-state index < -0.39 is 0 Å². The maximum absolute atomic E-state index is 6.01. The molecule has 4 fully saturated rings. The van der Waals surface area contributed by atoms with Crippen molar-refractivity contribution in [2.75, 3.05) is 20.6 Å². The van der Waals surface area contributed by atoms with Crippen molar-refractivity contribution >= 4 is 0 Å². The van der Waals surface area contributed by atoms with Crippen molar-refractivity contribution in [1.82, 2.24) is 4.90 Å². The SMILES string of the molecule is CN(C)C(CN)C1C2CC3CC(C2)CC1C3. The van der Waals surface area contributed by atoms with E-state index in [0.717, 1.165) is 36.1 Å². The number of hydrogen-bond acceptors (Lipinski definition) is 2. The van der Waals surface area contributed by atoms with Crippen molar-refractivity contribution in [2.24, 2.45) is 35.3 Å². The van der Waals surface area contributed by atoms with Gasteiger partial charge in [-0.25, -0.2) is 0 Å². The summed E-state index contributed by atoms with van der Waals surface area (Å²) in [5.41, 5.74) is 6.01. The van der Waals surface area contributed by atoms with E-state index in [4.69, 9.17) is 5.73 Å². The number of nitrogens with two attached hydrogens (primary N) is 1. The Morgan fingerprint density at radius 2 is 1.50 bits per heavy atom. The predicted molar refractivity (Wildman–Crippen MR) is 67.1 cm³/mol. The van der Waals surface area contributed by atoms with Crippen LogP contribution >= 0.6 is 0 Å². The molecule has 2 heteroatoms. The predicted octanol–water partition coefficient (Wildman–Crippen LogP) is 1.95. The standard InChI is InChI=1S/C14H26N2/c1-16(2)13(8-15)14-11-4-9-3-10(6-11)7-12(14)5-9/h9-14H,3-8,15H2,1-2H3. The molecule has 0 aromatic carbocycles. The quantitative estimate of drug-likeness (QED) is 0.791. The minimum absolute atomic E-state index is 0.634. The van der Waals surface area contributed by atoms with Gasteiger partial charge in [-0.15, -0.1) is 0 Å². The third-order valence-electron chi connectivity index (χ3n) is 5.65. The van der Waals surface area contributed by atoms with Gasteiger partial charge in [-0.1, -0.05) is 0 Å². The largest absolute Gasteiger partial charge is 0.329 e. The Labute approximate surface area is 99.6 Å². The first-order valence-corrected chi connectivity index (χ1v) is 7.05. The molecule has 0 radical (unpaired) electrons. The second-order valence-electron chi connectivity index (χ2n) is 6.77. The molecule has 4 aliphatic rings. The molecule has 0 heterocycles. The van der Waals surface area contributed by atoms with Gasteiger partial charge in [0.1, 0.15) is 0 Å². The molecular weight excluding hydrogens is 196 g/mol. The molecule has 4 saturated carbocycles. The first kappa shape index (κ1) is 11.0. The van der Waals surface area contributed by atoms with E-state index in [-0.39, 0.29) is 0 Å². The Hall–Kier alpha value is -0.0800. The van der Waals surface area contributed by atoms with Crippen LogP contribution in [0.25, 0.3) is 0 Å². The van der Waals surface area contributed by atoms with Crippen molar-refractivity contribution in [2.45, 2.75) is 38.1 Å².